The van der Waals surface area contributed by atoms with E-state index in [-0.39, 0.29) is 22.7 Å². The van der Waals surface area contributed by atoms with Gasteiger partial charge in [0.2, 0.25) is 11.4 Å². The van der Waals surface area contributed by atoms with Crippen molar-refractivity contribution in [1.82, 2.24) is 4.98 Å². The first kappa shape index (κ1) is 17.4. The third kappa shape index (κ3) is 3.68. The number of nitrogens with zero attached hydrogens (tertiary/aromatic N) is 2. The SMILES string of the molecule is CCOC(=O)c1nc2ccc(Cl)cc2cc1-[n+]1ccccc1.[Br-]. The monoisotopic (exact) mass is 392 g/mol. The highest BCUT2D eigenvalue weighted by molar-refractivity contribution is 6.31. The fourth-order valence-electron chi connectivity index (χ4n) is 2.24. The Morgan fingerprint density at radius 3 is 2.65 bits per heavy atom. The Hall–Kier alpha value is -1.98. The number of hydrogen-bond acceptors (Lipinski definition) is 3. The van der Waals surface area contributed by atoms with E-state index in [1.54, 1.807) is 19.1 Å². The molecule has 23 heavy (non-hydrogen) atoms. The molecule has 6 heteroatoms. The highest BCUT2D eigenvalue weighted by Crippen LogP contribution is 2.21. The first-order valence-corrected chi connectivity index (χ1v) is 7.31. The molecule has 0 amide bonds. The molecule has 0 saturated carbocycles. The van der Waals surface area contributed by atoms with Crippen LogP contribution in [-0.4, -0.2) is 17.6 Å². The maximum absolute atomic E-state index is 12.2. The summed E-state index contributed by atoms with van der Waals surface area (Å²) in [6, 6.07) is 12.9. The minimum absolute atomic E-state index is 0. The highest BCUT2D eigenvalue weighted by Gasteiger charge is 2.22. The van der Waals surface area contributed by atoms with Crippen molar-refractivity contribution < 1.29 is 31.1 Å². The maximum atomic E-state index is 12.2. The maximum Gasteiger partial charge on any atom is 0.363 e. The number of esters is 1. The molecule has 3 aromatic rings. The van der Waals surface area contributed by atoms with Gasteiger partial charge in [-0.05, 0) is 25.1 Å². The fraction of sp³-hybridized carbons (Fsp3) is 0.118. The van der Waals surface area contributed by atoms with Gasteiger partial charge in [-0.3, -0.25) is 0 Å². The van der Waals surface area contributed by atoms with E-state index in [1.165, 1.54) is 0 Å². The van der Waals surface area contributed by atoms with E-state index >= 15 is 0 Å². The van der Waals surface area contributed by atoms with Crippen LogP contribution in [0.2, 0.25) is 5.02 Å². The lowest BCUT2D eigenvalue weighted by Gasteiger charge is -2.06. The molecule has 0 N–H and O–H groups in total. The van der Waals surface area contributed by atoms with Crippen molar-refractivity contribution in [2.24, 2.45) is 0 Å². The van der Waals surface area contributed by atoms with Gasteiger partial charge in [0, 0.05) is 28.6 Å². The third-order valence-electron chi connectivity index (χ3n) is 3.22. The van der Waals surface area contributed by atoms with Crippen LogP contribution in [0.5, 0.6) is 0 Å². The number of halogens is 2. The van der Waals surface area contributed by atoms with E-state index in [4.69, 9.17) is 16.3 Å². The first-order chi connectivity index (χ1) is 10.7. The number of aromatic nitrogens is 2. The normalized spacial score (nSPS) is 10.2. The van der Waals surface area contributed by atoms with Gasteiger partial charge in [-0.2, -0.15) is 4.57 Å². The van der Waals surface area contributed by atoms with Gasteiger partial charge in [0.25, 0.3) is 0 Å². The largest absolute Gasteiger partial charge is 1.00 e. The van der Waals surface area contributed by atoms with Crippen molar-refractivity contribution in [3.8, 4) is 5.69 Å². The van der Waals surface area contributed by atoms with Crippen LogP contribution in [0.15, 0.2) is 54.9 Å². The molecule has 1 aromatic carbocycles. The van der Waals surface area contributed by atoms with E-state index < -0.39 is 5.97 Å². The molecule has 3 rings (SSSR count). The summed E-state index contributed by atoms with van der Waals surface area (Å²) in [5.41, 5.74) is 1.65. The molecule has 0 radical (unpaired) electrons. The van der Waals surface area contributed by atoms with Crippen LogP contribution in [0.1, 0.15) is 17.4 Å². The zero-order valence-electron chi connectivity index (χ0n) is 12.4. The number of pyridine rings is 2. The zero-order chi connectivity index (χ0) is 15.5. The molecule has 0 atom stereocenters. The molecule has 2 aromatic heterocycles. The number of carbonyl (C=O) groups is 1. The number of benzene rings is 1. The smallest absolute Gasteiger partial charge is 0.363 e. The summed E-state index contributed by atoms with van der Waals surface area (Å²) in [6.07, 6.45) is 3.71. The van der Waals surface area contributed by atoms with E-state index in [9.17, 15) is 4.79 Å². The summed E-state index contributed by atoms with van der Waals surface area (Å²) < 4.78 is 6.95. The number of ether oxygens (including phenoxy) is 1. The Balaban J connectivity index is 0.00000192. The van der Waals surface area contributed by atoms with Crippen LogP contribution in [0, 0.1) is 0 Å². The molecule has 0 spiro atoms. The average Bonchev–Trinajstić information content (AvgIpc) is 2.54. The van der Waals surface area contributed by atoms with Crippen molar-refractivity contribution >= 4 is 28.5 Å². The van der Waals surface area contributed by atoms with Gasteiger partial charge >= 0.3 is 5.97 Å². The Morgan fingerprint density at radius 2 is 1.96 bits per heavy atom. The summed E-state index contributed by atoms with van der Waals surface area (Å²) in [5.74, 6) is -0.439. The minimum atomic E-state index is -0.439. The molecular weight excluding hydrogens is 380 g/mol. The minimum Gasteiger partial charge on any atom is -1.00 e. The van der Waals surface area contributed by atoms with Crippen molar-refractivity contribution in [3.63, 3.8) is 0 Å². The standard InChI is InChI=1S/C17H14ClN2O2.BrH/c1-2-22-17(21)16-15(20-8-4-3-5-9-20)11-12-10-13(18)6-7-14(12)19-16;/h3-11H,2H2,1H3;1H/q+1;/p-1. The Labute approximate surface area is 149 Å². The fourth-order valence-corrected chi connectivity index (χ4v) is 2.42. The Morgan fingerprint density at radius 1 is 1.22 bits per heavy atom. The molecule has 0 unspecified atom stereocenters. The van der Waals surface area contributed by atoms with Crippen LogP contribution in [0.4, 0.5) is 0 Å². The molecule has 2 heterocycles. The third-order valence-corrected chi connectivity index (χ3v) is 3.45. The van der Waals surface area contributed by atoms with E-state index in [1.807, 2.05) is 47.3 Å². The van der Waals surface area contributed by atoms with Gasteiger partial charge in [-0.1, -0.05) is 17.7 Å². The van der Waals surface area contributed by atoms with Crippen molar-refractivity contribution in [3.05, 3.63) is 65.6 Å². The second-order valence-electron chi connectivity index (χ2n) is 4.70. The van der Waals surface area contributed by atoms with Crippen molar-refractivity contribution in [2.75, 3.05) is 6.61 Å². The van der Waals surface area contributed by atoms with Crippen LogP contribution < -0.4 is 21.5 Å². The molecule has 4 nitrogen and oxygen atoms in total. The lowest BCUT2D eigenvalue weighted by atomic mass is 10.1. The summed E-state index contributed by atoms with van der Waals surface area (Å²) in [5, 5.41) is 1.49. The summed E-state index contributed by atoms with van der Waals surface area (Å²) in [6.45, 7) is 2.08. The molecule has 118 valence electrons. The van der Waals surface area contributed by atoms with Crippen molar-refractivity contribution in [1.29, 1.82) is 0 Å². The number of hydrogen-bond donors (Lipinski definition) is 0. The van der Waals surface area contributed by atoms with Gasteiger partial charge < -0.3 is 21.7 Å². The van der Waals surface area contributed by atoms with Crippen LogP contribution in [0.3, 0.4) is 0 Å². The molecule has 0 aliphatic carbocycles. The number of fused-ring (bicyclic) bond motifs is 1. The molecule has 0 saturated heterocycles. The highest BCUT2D eigenvalue weighted by atomic mass is 79.9. The van der Waals surface area contributed by atoms with Gasteiger partial charge in [-0.15, -0.1) is 0 Å². The quantitative estimate of drug-likeness (QED) is 0.476. The Kier molecular flexibility index (Phi) is 5.69. The summed E-state index contributed by atoms with van der Waals surface area (Å²) >= 11 is 6.04. The first-order valence-electron chi connectivity index (χ1n) is 6.93. The molecule has 0 aliphatic heterocycles. The predicted octanol–water partition coefficient (Wildman–Crippen LogP) is 0.346. The number of rotatable bonds is 3. The van der Waals surface area contributed by atoms with Crippen LogP contribution >= 0.6 is 11.6 Å². The van der Waals surface area contributed by atoms with Crippen LogP contribution in [0.25, 0.3) is 16.6 Å². The second-order valence-corrected chi connectivity index (χ2v) is 5.13. The number of carbonyl (C=O) groups excluding carboxylic acids is 1. The molecule has 0 fully saturated rings. The topological polar surface area (TPSA) is 43.1 Å². The summed E-state index contributed by atoms with van der Waals surface area (Å²) in [7, 11) is 0. The van der Waals surface area contributed by atoms with Gasteiger partial charge in [0.05, 0.1) is 12.1 Å². The van der Waals surface area contributed by atoms with E-state index in [0.29, 0.717) is 22.8 Å². The van der Waals surface area contributed by atoms with Gasteiger partial charge in [-0.25, -0.2) is 9.78 Å². The lowest BCUT2D eigenvalue weighted by Crippen LogP contribution is -3.00. The molecular formula is C17H14BrClN2O2. The zero-order valence-corrected chi connectivity index (χ0v) is 14.7. The molecule has 0 aliphatic rings. The average molecular weight is 394 g/mol. The van der Waals surface area contributed by atoms with Gasteiger partial charge in [0.1, 0.15) is 0 Å². The van der Waals surface area contributed by atoms with Crippen LogP contribution in [-0.2, 0) is 4.74 Å². The van der Waals surface area contributed by atoms with E-state index in [0.717, 1.165) is 5.39 Å². The van der Waals surface area contributed by atoms with Gasteiger partial charge in [0.15, 0.2) is 12.4 Å². The second kappa shape index (κ2) is 7.53. The van der Waals surface area contributed by atoms with E-state index in [2.05, 4.69) is 4.98 Å². The van der Waals surface area contributed by atoms with Crippen molar-refractivity contribution in [2.45, 2.75) is 6.92 Å². The summed E-state index contributed by atoms with van der Waals surface area (Å²) in [4.78, 5) is 16.7. The molecule has 0 bridgehead atoms. The lowest BCUT2D eigenvalue weighted by molar-refractivity contribution is -0.596. The predicted molar refractivity (Wildman–Crippen MR) is 84.2 cm³/mol. The Bertz CT molecular complexity index is 841.